The summed E-state index contributed by atoms with van der Waals surface area (Å²) in [5, 5.41) is 11.0. The van der Waals surface area contributed by atoms with Gasteiger partial charge in [-0.2, -0.15) is 13.2 Å². The van der Waals surface area contributed by atoms with E-state index in [0.29, 0.717) is 17.8 Å². The zero-order chi connectivity index (χ0) is 25.6. The molecule has 0 fully saturated rings. The van der Waals surface area contributed by atoms with Crippen LogP contribution in [0.2, 0.25) is 0 Å². The van der Waals surface area contributed by atoms with E-state index >= 15 is 0 Å². The van der Waals surface area contributed by atoms with Crippen molar-refractivity contribution < 1.29 is 22.8 Å². The van der Waals surface area contributed by atoms with E-state index < -0.39 is 17.6 Å². The molecular weight excluding hydrogens is 459 g/mol. The number of hydrogen-bond donors (Lipinski definition) is 4. The Morgan fingerprint density at radius 3 is 2.34 bits per heavy atom. The van der Waals surface area contributed by atoms with Gasteiger partial charge in [-0.1, -0.05) is 19.1 Å². The maximum Gasteiger partial charge on any atom is 0.419 e. The molecule has 7 nitrogen and oxygen atoms in total. The molecule has 0 bridgehead atoms. The van der Waals surface area contributed by atoms with Crippen LogP contribution >= 0.6 is 0 Å². The van der Waals surface area contributed by atoms with Crippen LogP contribution in [0, 0.1) is 6.92 Å². The zero-order valence-corrected chi connectivity index (χ0v) is 19.5. The lowest BCUT2D eigenvalue weighted by Crippen LogP contribution is -2.24. The number of anilines is 4. The van der Waals surface area contributed by atoms with Crippen LogP contribution < -0.4 is 21.3 Å². The maximum absolute atomic E-state index is 13.7. The van der Waals surface area contributed by atoms with Crippen LogP contribution in [0.15, 0.2) is 54.7 Å². The Labute approximate surface area is 201 Å². The molecule has 10 heteroatoms. The number of benzene rings is 2. The first-order valence-corrected chi connectivity index (χ1v) is 10.9. The predicted octanol–water partition coefficient (Wildman–Crippen LogP) is 5.40. The Kier molecular flexibility index (Phi) is 7.95. The number of para-hydroxylation sites is 1. The Bertz CT molecular complexity index is 1230. The number of pyridine rings is 1. The average Bonchev–Trinajstić information content (AvgIpc) is 2.83. The number of alkyl halides is 3. The number of carbonyl (C=O) groups excluding carboxylic acids is 2. The largest absolute Gasteiger partial charge is 0.419 e. The second kappa shape index (κ2) is 10.9. The summed E-state index contributed by atoms with van der Waals surface area (Å²) < 4.78 is 41.1. The van der Waals surface area contributed by atoms with Crippen molar-refractivity contribution in [3.63, 3.8) is 0 Å². The average molecular weight is 486 g/mol. The van der Waals surface area contributed by atoms with E-state index in [2.05, 4.69) is 26.3 Å². The lowest BCUT2D eigenvalue weighted by atomic mass is 10.1. The number of carbonyl (C=O) groups is 2. The summed E-state index contributed by atoms with van der Waals surface area (Å²) in [6.07, 6.45) is -3.12. The number of hydrogen-bond acceptors (Lipinski definition) is 5. The summed E-state index contributed by atoms with van der Waals surface area (Å²) in [6, 6.07) is 12.5. The summed E-state index contributed by atoms with van der Waals surface area (Å²) in [5.41, 5.74) is 0.954. The van der Waals surface area contributed by atoms with Crippen LogP contribution in [-0.2, 0) is 6.18 Å². The van der Waals surface area contributed by atoms with Crippen molar-refractivity contribution in [1.29, 1.82) is 0 Å². The van der Waals surface area contributed by atoms with Crippen molar-refractivity contribution in [3.05, 3.63) is 77.0 Å². The van der Waals surface area contributed by atoms with Gasteiger partial charge in [0.15, 0.2) is 0 Å². The molecule has 0 aliphatic heterocycles. The second-order valence-corrected chi connectivity index (χ2v) is 7.77. The van der Waals surface area contributed by atoms with Gasteiger partial charge >= 0.3 is 6.18 Å². The van der Waals surface area contributed by atoms with Crippen molar-refractivity contribution in [2.24, 2.45) is 0 Å². The molecule has 0 saturated carbocycles. The summed E-state index contributed by atoms with van der Waals surface area (Å²) in [6.45, 7) is 4.30. The van der Waals surface area contributed by atoms with Crippen LogP contribution in [0.4, 0.5) is 36.1 Å². The minimum atomic E-state index is -4.67. The summed E-state index contributed by atoms with van der Waals surface area (Å²) in [7, 11) is 1.44. The number of nitrogens with one attached hydrogen (secondary N) is 4. The fourth-order valence-corrected chi connectivity index (χ4v) is 3.35. The predicted molar refractivity (Wildman–Crippen MR) is 129 cm³/mol. The number of halogens is 3. The third-order valence-electron chi connectivity index (χ3n) is 5.16. The van der Waals surface area contributed by atoms with E-state index in [1.54, 1.807) is 37.3 Å². The van der Waals surface area contributed by atoms with Crippen molar-refractivity contribution in [2.75, 3.05) is 24.2 Å². The highest BCUT2D eigenvalue weighted by Crippen LogP contribution is 2.37. The molecule has 184 valence electrons. The van der Waals surface area contributed by atoms with E-state index in [-0.39, 0.29) is 28.7 Å². The summed E-state index contributed by atoms with van der Waals surface area (Å²) >= 11 is 0. The fraction of sp³-hybridized carbons (Fsp3) is 0.240. The molecule has 0 unspecified atom stereocenters. The first-order valence-electron chi connectivity index (χ1n) is 10.9. The monoisotopic (exact) mass is 485 g/mol. The van der Waals surface area contributed by atoms with Crippen molar-refractivity contribution in [3.8, 4) is 0 Å². The summed E-state index contributed by atoms with van der Waals surface area (Å²) in [5.74, 6) is -0.479. The topological polar surface area (TPSA) is 95.2 Å². The van der Waals surface area contributed by atoms with E-state index in [0.717, 1.165) is 18.2 Å². The Morgan fingerprint density at radius 2 is 1.69 bits per heavy atom. The van der Waals surface area contributed by atoms with Crippen LogP contribution in [0.25, 0.3) is 0 Å². The van der Waals surface area contributed by atoms with Gasteiger partial charge in [0.05, 0.1) is 22.5 Å². The highest BCUT2D eigenvalue weighted by atomic mass is 19.4. The van der Waals surface area contributed by atoms with Gasteiger partial charge in [-0.15, -0.1) is 0 Å². The van der Waals surface area contributed by atoms with Gasteiger partial charge in [0.1, 0.15) is 5.82 Å². The van der Waals surface area contributed by atoms with E-state index in [4.69, 9.17) is 0 Å². The molecule has 0 atom stereocenters. The normalized spacial score (nSPS) is 11.0. The lowest BCUT2D eigenvalue weighted by molar-refractivity contribution is -0.137. The van der Waals surface area contributed by atoms with E-state index in [1.165, 1.54) is 25.2 Å². The van der Waals surface area contributed by atoms with Crippen LogP contribution in [0.3, 0.4) is 0 Å². The molecule has 2 amide bonds. The van der Waals surface area contributed by atoms with Gasteiger partial charge in [-0.3, -0.25) is 9.59 Å². The third-order valence-corrected chi connectivity index (χ3v) is 5.16. The van der Waals surface area contributed by atoms with E-state index in [9.17, 15) is 22.8 Å². The Morgan fingerprint density at radius 1 is 0.943 bits per heavy atom. The van der Waals surface area contributed by atoms with Crippen molar-refractivity contribution >= 4 is 34.7 Å². The van der Waals surface area contributed by atoms with E-state index in [1.807, 2.05) is 6.92 Å². The first kappa shape index (κ1) is 25.5. The molecule has 2 aromatic carbocycles. The standard InChI is InChI=1S/C25H26F3N5O2/c1-4-11-30-23(34)16-9-10-19(15(2)12-16)33-22-13-21(18(14-31-22)25(26,27)28)32-20-8-6-5-7-17(20)24(35)29-3/h5-10,12-14H,4,11H2,1-3H3,(H,29,35)(H,30,34)(H2,31,32,33). The fourth-order valence-electron chi connectivity index (χ4n) is 3.35. The number of nitrogens with zero attached hydrogens (tertiary/aromatic N) is 1. The van der Waals surface area contributed by atoms with Crippen LogP contribution in [0.5, 0.6) is 0 Å². The zero-order valence-electron chi connectivity index (χ0n) is 19.5. The van der Waals surface area contributed by atoms with Gasteiger partial charge < -0.3 is 21.3 Å². The Hall–Kier alpha value is -4.08. The highest BCUT2D eigenvalue weighted by Gasteiger charge is 2.34. The van der Waals surface area contributed by atoms with Gasteiger partial charge in [0.2, 0.25) is 0 Å². The molecule has 0 radical (unpaired) electrons. The molecule has 1 heterocycles. The van der Waals surface area contributed by atoms with Crippen molar-refractivity contribution in [1.82, 2.24) is 15.6 Å². The smallest absolute Gasteiger partial charge is 0.355 e. The maximum atomic E-state index is 13.7. The first-order chi connectivity index (χ1) is 16.6. The minimum absolute atomic E-state index is 0.157. The quantitative estimate of drug-likeness (QED) is 0.343. The minimum Gasteiger partial charge on any atom is -0.355 e. The lowest BCUT2D eigenvalue weighted by Gasteiger charge is -2.18. The van der Waals surface area contributed by atoms with Crippen molar-refractivity contribution in [2.45, 2.75) is 26.4 Å². The van der Waals surface area contributed by atoms with Gasteiger partial charge in [0, 0.05) is 37.1 Å². The molecule has 3 aromatic rings. The molecule has 0 aliphatic carbocycles. The number of amides is 2. The molecule has 0 aliphatic rings. The molecule has 35 heavy (non-hydrogen) atoms. The molecule has 3 rings (SSSR count). The van der Waals surface area contributed by atoms with Crippen LogP contribution in [-0.4, -0.2) is 30.4 Å². The second-order valence-electron chi connectivity index (χ2n) is 7.77. The molecule has 1 aromatic heterocycles. The molecular formula is C25H26F3N5O2. The number of aryl methyl sites for hydroxylation is 1. The van der Waals surface area contributed by atoms with Crippen LogP contribution in [0.1, 0.15) is 45.2 Å². The van der Waals surface area contributed by atoms with Gasteiger partial charge in [0.25, 0.3) is 11.8 Å². The third kappa shape index (κ3) is 6.28. The molecule has 0 saturated heterocycles. The summed E-state index contributed by atoms with van der Waals surface area (Å²) in [4.78, 5) is 28.3. The number of rotatable bonds is 8. The molecule has 4 N–H and O–H groups in total. The SMILES string of the molecule is CCCNC(=O)c1ccc(Nc2cc(Nc3ccccc3C(=O)NC)c(C(F)(F)F)cn2)c(C)c1. The number of aromatic nitrogens is 1. The Balaban J connectivity index is 1.93. The van der Waals surface area contributed by atoms with Gasteiger partial charge in [-0.25, -0.2) is 4.98 Å². The molecule has 0 spiro atoms. The highest BCUT2D eigenvalue weighted by molar-refractivity contribution is 6.00. The van der Waals surface area contributed by atoms with Gasteiger partial charge in [-0.05, 0) is 49.2 Å².